The fourth-order valence-corrected chi connectivity index (χ4v) is 5.21. The van der Waals surface area contributed by atoms with Crippen LogP contribution in [0.4, 0.5) is 11.4 Å². The second-order valence-electron chi connectivity index (χ2n) is 8.80. The SMILES string of the molecule is C=C(/N=C(/Nc1ccccc1S(=O)(=O)C(C)C)C(=C)Cl)Nc1cc(C)c(C(CC)CC)cc1OCC. The van der Waals surface area contributed by atoms with Gasteiger partial charge in [0.25, 0.3) is 0 Å². The Morgan fingerprint density at radius 2 is 1.69 bits per heavy atom. The molecule has 0 aliphatic heterocycles. The molecule has 0 atom stereocenters. The third-order valence-electron chi connectivity index (χ3n) is 5.94. The first-order chi connectivity index (χ1) is 17.0. The lowest BCUT2D eigenvalue weighted by molar-refractivity contribution is 0.341. The topological polar surface area (TPSA) is 79.8 Å². The van der Waals surface area contributed by atoms with Crippen LogP contribution >= 0.6 is 11.6 Å². The first kappa shape index (κ1) is 29.5. The van der Waals surface area contributed by atoms with E-state index in [2.05, 4.69) is 55.6 Å². The van der Waals surface area contributed by atoms with E-state index >= 15 is 0 Å². The number of amidine groups is 1. The fraction of sp³-hybridized carbons (Fsp3) is 0.393. The van der Waals surface area contributed by atoms with Gasteiger partial charge in [0.2, 0.25) is 0 Å². The molecule has 0 saturated carbocycles. The van der Waals surface area contributed by atoms with Crippen molar-refractivity contribution in [3.8, 4) is 5.75 Å². The zero-order valence-electron chi connectivity index (χ0n) is 22.1. The highest BCUT2D eigenvalue weighted by molar-refractivity contribution is 7.92. The highest BCUT2D eigenvalue weighted by Gasteiger charge is 2.23. The van der Waals surface area contributed by atoms with E-state index in [0.29, 0.717) is 29.8 Å². The van der Waals surface area contributed by atoms with E-state index in [-0.39, 0.29) is 15.8 Å². The third-order valence-corrected chi connectivity index (χ3v) is 8.33. The minimum Gasteiger partial charge on any atom is -0.492 e. The lowest BCUT2D eigenvalue weighted by atomic mass is 9.90. The number of hydrogen-bond donors (Lipinski definition) is 2. The van der Waals surface area contributed by atoms with Crippen molar-refractivity contribution in [3.05, 3.63) is 71.5 Å². The molecule has 0 unspecified atom stereocenters. The van der Waals surface area contributed by atoms with Gasteiger partial charge in [0.05, 0.1) is 33.2 Å². The van der Waals surface area contributed by atoms with Crippen molar-refractivity contribution in [3.63, 3.8) is 0 Å². The van der Waals surface area contributed by atoms with Gasteiger partial charge in [-0.05, 0) is 81.8 Å². The average molecular weight is 532 g/mol. The summed E-state index contributed by atoms with van der Waals surface area (Å²) < 4.78 is 31.6. The van der Waals surface area contributed by atoms with Gasteiger partial charge < -0.3 is 15.4 Å². The maximum atomic E-state index is 12.8. The van der Waals surface area contributed by atoms with Gasteiger partial charge in [-0.15, -0.1) is 0 Å². The molecule has 0 amide bonds. The minimum atomic E-state index is -3.53. The quantitative estimate of drug-likeness (QED) is 0.217. The van der Waals surface area contributed by atoms with Crippen LogP contribution in [0.15, 0.2) is 70.3 Å². The van der Waals surface area contributed by atoms with E-state index < -0.39 is 15.1 Å². The number of hydrogen-bond acceptors (Lipinski definition) is 5. The van der Waals surface area contributed by atoms with Gasteiger partial charge in [0.15, 0.2) is 15.7 Å². The molecular formula is C28H38ClN3O3S. The molecule has 8 heteroatoms. The molecule has 0 spiro atoms. The van der Waals surface area contributed by atoms with Gasteiger partial charge in [-0.1, -0.05) is 50.7 Å². The number of anilines is 2. The Bertz CT molecular complexity index is 1230. The number of nitrogens with one attached hydrogen (secondary N) is 2. The molecule has 0 saturated heterocycles. The zero-order valence-corrected chi connectivity index (χ0v) is 23.7. The van der Waals surface area contributed by atoms with E-state index in [1.807, 2.05) is 13.0 Å². The summed E-state index contributed by atoms with van der Waals surface area (Å²) in [4.78, 5) is 4.64. The molecule has 0 aliphatic carbocycles. The Hall–Kier alpha value is -2.77. The van der Waals surface area contributed by atoms with Crippen LogP contribution in [0.5, 0.6) is 5.75 Å². The van der Waals surface area contributed by atoms with Crippen LogP contribution in [0, 0.1) is 6.92 Å². The number of aliphatic imine (C=N–C) groups is 1. The third kappa shape index (κ3) is 7.14. The maximum absolute atomic E-state index is 12.8. The van der Waals surface area contributed by atoms with Gasteiger partial charge in [0, 0.05) is 0 Å². The van der Waals surface area contributed by atoms with Crippen LogP contribution in [0.1, 0.15) is 64.5 Å². The molecule has 0 bridgehead atoms. The van der Waals surface area contributed by atoms with Gasteiger partial charge in [0.1, 0.15) is 11.6 Å². The Balaban J connectivity index is 2.41. The number of para-hydroxylation sites is 1. The summed E-state index contributed by atoms with van der Waals surface area (Å²) in [5, 5.41) is 5.76. The summed E-state index contributed by atoms with van der Waals surface area (Å²) in [5.74, 6) is 1.65. The molecule has 36 heavy (non-hydrogen) atoms. The van der Waals surface area contributed by atoms with E-state index in [4.69, 9.17) is 16.3 Å². The Morgan fingerprint density at radius 3 is 2.25 bits per heavy atom. The largest absolute Gasteiger partial charge is 0.492 e. The first-order valence-corrected chi connectivity index (χ1v) is 14.1. The molecule has 2 aromatic carbocycles. The number of rotatable bonds is 12. The molecule has 6 nitrogen and oxygen atoms in total. The van der Waals surface area contributed by atoms with Gasteiger partial charge >= 0.3 is 0 Å². The molecule has 2 aromatic rings. The fourth-order valence-electron chi connectivity index (χ4n) is 3.92. The summed E-state index contributed by atoms with van der Waals surface area (Å²) in [6.07, 6.45) is 2.10. The van der Waals surface area contributed by atoms with E-state index in [1.54, 1.807) is 38.1 Å². The standard InChI is InChI=1S/C28H38ClN3O3S/c1-9-22(10-2)23-17-26(35-11-3)25(16-19(23)6)30-21(8)31-28(20(7)29)32-24-14-12-13-15-27(24)36(33,34)18(4)5/h12-18,22,30H,7-11H2,1-6H3,(H,31,32). The first-order valence-electron chi connectivity index (χ1n) is 12.2. The molecule has 0 radical (unpaired) electrons. The van der Waals surface area contributed by atoms with Crippen LogP contribution in [0.25, 0.3) is 0 Å². The summed E-state index contributed by atoms with van der Waals surface area (Å²) in [6, 6.07) is 10.7. The number of halogens is 1. The second-order valence-corrected chi connectivity index (χ2v) is 11.7. The molecule has 196 valence electrons. The monoisotopic (exact) mass is 531 g/mol. The predicted octanol–water partition coefficient (Wildman–Crippen LogP) is 7.63. The number of sulfone groups is 1. The Morgan fingerprint density at radius 1 is 1.06 bits per heavy atom. The highest BCUT2D eigenvalue weighted by Crippen LogP contribution is 2.35. The van der Waals surface area contributed by atoms with Crippen molar-refractivity contribution in [2.75, 3.05) is 17.2 Å². The van der Waals surface area contributed by atoms with Crippen LogP contribution < -0.4 is 15.4 Å². The van der Waals surface area contributed by atoms with Crippen LogP contribution in [-0.2, 0) is 9.84 Å². The van der Waals surface area contributed by atoms with E-state index in [1.165, 1.54) is 5.56 Å². The van der Waals surface area contributed by atoms with Gasteiger partial charge in [-0.3, -0.25) is 0 Å². The second kappa shape index (κ2) is 13.0. The van der Waals surface area contributed by atoms with Crippen molar-refractivity contribution >= 4 is 38.6 Å². The molecule has 2 rings (SSSR count). The Labute approximate surface area is 221 Å². The van der Waals surface area contributed by atoms with Crippen molar-refractivity contribution in [1.82, 2.24) is 0 Å². The summed E-state index contributed by atoms with van der Waals surface area (Å²) in [7, 11) is -3.53. The van der Waals surface area contributed by atoms with Crippen molar-refractivity contribution in [1.29, 1.82) is 0 Å². The van der Waals surface area contributed by atoms with Crippen LogP contribution in [0.2, 0.25) is 0 Å². The number of nitrogens with zero attached hydrogens (tertiary/aromatic N) is 1. The zero-order chi connectivity index (χ0) is 27.0. The average Bonchev–Trinajstić information content (AvgIpc) is 2.82. The van der Waals surface area contributed by atoms with Crippen molar-refractivity contribution < 1.29 is 13.2 Å². The summed E-state index contributed by atoms with van der Waals surface area (Å²) in [6.45, 7) is 20.0. The molecule has 0 fully saturated rings. The summed E-state index contributed by atoms with van der Waals surface area (Å²) >= 11 is 6.23. The maximum Gasteiger partial charge on any atom is 0.182 e. The molecule has 0 aliphatic rings. The van der Waals surface area contributed by atoms with E-state index in [9.17, 15) is 8.42 Å². The number of ether oxygens (including phenoxy) is 1. The number of aryl methyl sites for hydroxylation is 1. The normalized spacial score (nSPS) is 12.1. The number of benzene rings is 2. The highest BCUT2D eigenvalue weighted by atomic mass is 35.5. The van der Waals surface area contributed by atoms with Crippen LogP contribution in [-0.4, -0.2) is 26.1 Å². The lowest BCUT2D eigenvalue weighted by Gasteiger charge is -2.21. The minimum absolute atomic E-state index is 0.111. The molecular weight excluding hydrogens is 494 g/mol. The van der Waals surface area contributed by atoms with E-state index in [0.717, 1.165) is 24.1 Å². The molecule has 2 N–H and O–H groups in total. The van der Waals surface area contributed by atoms with Crippen molar-refractivity contribution in [2.45, 2.75) is 70.4 Å². The Kier molecular flexibility index (Phi) is 10.6. The molecule has 0 aromatic heterocycles. The van der Waals surface area contributed by atoms with Gasteiger partial charge in [-0.2, -0.15) is 0 Å². The van der Waals surface area contributed by atoms with Crippen LogP contribution in [0.3, 0.4) is 0 Å². The lowest BCUT2D eigenvalue weighted by Crippen LogP contribution is -2.19. The smallest absolute Gasteiger partial charge is 0.182 e. The molecule has 0 heterocycles. The van der Waals surface area contributed by atoms with Crippen molar-refractivity contribution in [2.24, 2.45) is 4.99 Å². The predicted molar refractivity (Wildman–Crippen MR) is 153 cm³/mol. The van der Waals surface area contributed by atoms with Gasteiger partial charge in [-0.25, -0.2) is 13.4 Å². The summed E-state index contributed by atoms with van der Waals surface area (Å²) in [5.41, 5.74) is 3.52.